The van der Waals surface area contributed by atoms with Crippen LogP contribution in [0.1, 0.15) is 19.4 Å². The Kier molecular flexibility index (Phi) is 6.65. The first kappa shape index (κ1) is 22.5. The van der Waals surface area contributed by atoms with Crippen molar-refractivity contribution in [3.63, 3.8) is 0 Å². The molecule has 5 rings (SSSR count). The molecule has 1 aromatic heterocycles. The number of rotatable bonds is 4. The highest BCUT2D eigenvalue weighted by Crippen LogP contribution is 2.51. The van der Waals surface area contributed by atoms with Gasteiger partial charge in [0.1, 0.15) is 5.82 Å². The van der Waals surface area contributed by atoms with Crippen LogP contribution in [0.2, 0.25) is 0 Å². The zero-order valence-electron chi connectivity index (χ0n) is 18.4. The number of fused-ring (bicyclic) bond motifs is 1. The number of anilines is 1. The molecule has 0 spiro atoms. The van der Waals surface area contributed by atoms with E-state index in [-0.39, 0.29) is 5.56 Å². The van der Waals surface area contributed by atoms with Crippen LogP contribution in [-0.2, 0) is 6.42 Å². The van der Waals surface area contributed by atoms with E-state index in [1.54, 1.807) is 23.9 Å². The molecule has 168 valence electrons. The fourth-order valence-corrected chi connectivity index (χ4v) is 4.62. The third kappa shape index (κ3) is 4.72. The molecular weight excluding hydrogens is 428 g/mol. The molecule has 2 heterocycles. The Bertz CT molecular complexity index is 1060. The van der Waals surface area contributed by atoms with E-state index >= 15 is 0 Å². The number of aromatic nitrogens is 2. The molecule has 1 N–H and O–H groups in total. The molecule has 32 heavy (non-hydrogen) atoms. The Labute approximate surface area is 191 Å². The van der Waals surface area contributed by atoms with Gasteiger partial charge in [-0.05, 0) is 59.8 Å². The maximum absolute atomic E-state index is 13.6. The van der Waals surface area contributed by atoms with Crippen molar-refractivity contribution in [1.82, 2.24) is 9.97 Å². The number of benzene rings is 2. The molecular formula is C25H27F2N3OS. The molecule has 1 saturated heterocycles. The highest BCUT2D eigenvalue weighted by molar-refractivity contribution is 7.98. The monoisotopic (exact) mass is 455 g/mol. The van der Waals surface area contributed by atoms with E-state index in [0.717, 1.165) is 60.2 Å². The number of hydrogen-bond acceptors (Lipinski definition) is 5. The summed E-state index contributed by atoms with van der Waals surface area (Å²) in [4.78, 5) is 12.2. The van der Waals surface area contributed by atoms with Crippen LogP contribution in [0.5, 0.6) is 5.75 Å². The molecule has 7 heteroatoms. The Morgan fingerprint density at radius 1 is 1.03 bits per heavy atom. The van der Waals surface area contributed by atoms with Gasteiger partial charge in [-0.3, -0.25) is 0 Å². The average Bonchev–Trinajstić information content (AvgIpc) is 3.21. The highest BCUT2D eigenvalue weighted by Gasteiger charge is 2.53. The van der Waals surface area contributed by atoms with Gasteiger partial charge in [-0.25, -0.2) is 18.7 Å². The van der Waals surface area contributed by atoms with Crippen molar-refractivity contribution in [1.29, 1.82) is 0 Å². The number of thioether (sulfide) groups is 1. The fourth-order valence-electron chi connectivity index (χ4n) is 4.21. The van der Waals surface area contributed by atoms with Crippen LogP contribution in [0.3, 0.4) is 0 Å². The molecule has 1 aliphatic carbocycles. The van der Waals surface area contributed by atoms with Crippen molar-refractivity contribution in [2.45, 2.75) is 25.2 Å². The molecule has 2 aliphatic rings. The van der Waals surface area contributed by atoms with Gasteiger partial charge in [0.15, 0.2) is 11.6 Å². The standard InChI is InChI=1S/C13H10F2OS.C12H17N3/c1-17-9-4-2-8(3-5-9)10-6-12(15)13(16)7-11(10)14;1-3-9-4-13-12(14-5-9)15-6-10-8(2)11(10)7-15/h2-7,16H,1H3;4-5,8,10-11H,3,6-7H2,1-2H3/t;8?,10-,11+. The third-order valence-electron chi connectivity index (χ3n) is 6.44. The van der Waals surface area contributed by atoms with E-state index in [1.165, 1.54) is 5.56 Å². The molecule has 0 radical (unpaired) electrons. The number of nitrogens with zero attached hydrogens (tertiary/aromatic N) is 3. The molecule has 2 aromatic carbocycles. The smallest absolute Gasteiger partial charge is 0.225 e. The van der Waals surface area contributed by atoms with Gasteiger partial charge in [-0.15, -0.1) is 11.8 Å². The van der Waals surface area contributed by atoms with Crippen LogP contribution >= 0.6 is 11.8 Å². The minimum atomic E-state index is -0.824. The predicted molar refractivity (Wildman–Crippen MR) is 125 cm³/mol. The van der Waals surface area contributed by atoms with Crippen LogP contribution in [-0.4, -0.2) is 34.4 Å². The molecule has 4 nitrogen and oxygen atoms in total. The van der Waals surface area contributed by atoms with Gasteiger partial charge in [-0.1, -0.05) is 26.0 Å². The number of aryl methyl sites for hydroxylation is 1. The second kappa shape index (κ2) is 9.45. The molecule has 1 unspecified atom stereocenters. The number of phenolic OH excluding ortho intramolecular Hbond substituents is 1. The predicted octanol–water partition coefficient (Wildman–Crippen LogP) is 5.80. The molecule has 3 atom stereocenters. The van der Waals surface area contributed by atoms with Gasteiger partial charge in [0.2, 0.25) is 5.95 Å². The fraction of sp³-hybridized carbons (Fsp3) is 0.360. The Morgan fingerprint density at radius 3 is 2.22 bits per heavy atom. The zero-order chi connectivity index (χ0) is 22.8. The topological polar surface area (TPSA) is 49.2 Å². The van der Waals surface area contributed by atoms with Gasteiger partial charge in [0.05, 0.1) is 0 Å². The largest absolute Gasteiger partial charge is 0.505 e. The summed E-state index contributed by atoms with van der Waals surface area (Å²) < 4.78 is 26.7. The number of halogens is 2. The highest BCUT2D eigenvalue weighted by atomic mass is 32.2. The minimum Gasteiger partial charge on any atom is -0.505 e. The molecule has 2 fully saturated rings. The number of piperidine rings is 1. The lowest BCUT2D eigenvalue weighted by atomic mass is 10.0. The maximum Gasteiger partial charge on any atom is 0.225 e. The summed E-state index contributed by atoms with van der Waals surface area (Å²) in [5, 5.41) is 9.04. The summed E-state index contributed by atoms with van der Waals surface area (Å²) in [6.45, 7) is 6.81. The van der Waals surface area contributed by atoms with Crippen LogP contribution < -0.4 is 4.90 Å². The minimum absolute atomic E-state index is 0.146. The number of aromatic hydroxyl groups is 1. The van der Waals surface area contributed by atoms with Crippen molar-refractivity contribution in [3.8, 4) is 16.9 Å². The summed E-state index contributed by atoms with van der Waals surface area (Å²) in [7, 11) is 0. The second-order valence-electron chi connectivity index (χ2n) is 8.35. The van der Waals surface area contributed by atoms with Gasteiger partial charge in [-0.2, -0.15) is 0 Å². The van der Waals surface area contributed by atoms with E-state index in [1.807, 2.05) is 30.8 Å². The van der Waals surface area contributed by atoms with Crippen LogP contribution in [0.15, 0.2) is 53.7 Å². The number of hydrogen-bond donors (Lipinski definition) is 1. The summed E-state index contributed by atoms with van der Waals surface area (Å²) in [5.74, 6) is 1.56. The number of phenols is 1. The van der Waals surface area contributed by atoms with Crippen molar-refractivity contribution < 1.29 is 13.9 Å². The summed E-state index contributed by atoms with van der Waals surface area (Å²) in [6, 6.07) is 8.90. The van der Waals surface area contributed by atoms with E-state index in [4.69, 9.17) is 5.11 Å². The second-order valence-corrected chi connectivity index (χ2v) is 9.23. The van der Waals surface area contributed by atoms with Crippen LogP contribution in [0, 0.1) is 29.4 Å². The third-order valence-corrected chi connectivity index (χ3v) is 7.19. The SMILES string of the molecule is CCc1cnc(N2C[C@@H]3C(C)[C@@H]3C2)nc1.CSc1ccc(-c2cc(F)c(O)cc2F)cc1. The Balaban J connectivity index is 0.000000154. The first-order valence-corrected chi connectivity index (χ1v) is 12.0. The van der Waals surface area contributed by atoms with Crippen LogP contribution in [0.4, 0.5) is 14.7 Å². The van der Waals surface area contributed by atoms with Crippen molar-refractivity contribution in [2.75, 3.05) is 24.2 Å². The zero-order valence-corrected chi connectivity index (χ0v) is 19.2. The van der Waals surface area contributed by atoms with Gasteiger partial charge in [0.25, 0.3) is 0 Å². The van der Waals surface area contributed by atoms with Gasteiger partial charge in [0, 0.05) is 42.0 Å². The van der Waals surface area contributed by atoms with Crippen molar-refractivity contribution >= 4 is 17.7 Å². The van der Waals surface area contributed by atoms with Crippen LogP contribution in [0.25, 0.3) is 11.1 Å². The van der Waals surface area contributed by atoms with Crippen molar-refractivity contribution in [3.05, 3.63) is 66.0 Å². The van der Waals surface area contributed by atoms with Gasteiger partial charge >= 0.3 is 0 Å². The van der Waals surface area contributed by atoms with E-state index in [0.29, 0.717) is 5.56 Å². The maximum atomic E-state index is 13.6. The quantitative estimate of drug-likeness (QED) is 0.504. The Morgan fingerprint density at radius 2 is 1.66 bits per heavy atom. The molecule has 1 aliphatic heterocycles. The lowest BCUT2D eigenvalue weighted by Gasteiger charge is -2.18. The first-order chi connectivity index (χ1) is 15.4. The summed E-state index contributed by atoms with van der Waals surface area (Å²) >= 11 is 1.57. The molecule has 1 saturated carbocycles. The molecule has 0 bridgehead atoms. The average molecular weight is 456 g/mol. The van der Waals surface area contributed by atoms with Crippen molar-refractivity contribution in [2.24, 2.45) is 17.8 Å². The molecule has 0 amide bonds. The van der Waals surface area contributed by atoms with E-state index in [2.05, 4.69) is 28.7 Å². The molecule has 3 aromatic rings. The van der Waals surface area contributed by atoms with E-state index < -0.39 is 17.4 Å². The lowest BCUT2D eigenvalue weighted by molar-refractivity contribution is 0.427. The lowest BCUT2D eigenvalue weighted by Crippen LogP contribution is -2.25. The van der Waals surface area contributed by atoms with E-state index in [9.17, 15) is 8.78 Å². The summed E-state index contributed by atoms with van der Waals surface area (Å²) in [5.41, 5.74) is 1.95. The summed E-state index contributed by atoms with van der Waals surface area (Å²) in [6.07, 6.45) is 6.86. The van der Waals surface area contributed by atoms with Gasteiger partial charge < -0.3 is 10.0 Å². The normalized spacial score (nSPS) is 21.0. The Hall–Kier alpha value is -2.67. The first-order valence-electron chi connectivity index (χ1n) is 10.8.